The quantitative estimate of drug-likeness (QED) is 0.617. The fourth-order valence-corrected chi connectivity index (χ4v) is 3.07. The van der Waals surface area contributed by atoms with E-state index in [2.05, 4.69) is 5.32 Å². The second kappa shape index (κ2) is 7.14. The number of alkyl halides is 2. The van der Waals surface area contributed by atoms with Crippen LogP contribution in [0, 0.1) is 24.0 Å². The lowest BCUT2D eigenvalue weighted by molar-refractivity contribution is -0.384. The number of sulfone groups is 1. The van der Waals surface area contributed by atoms with Gasteiger partial charge in [0.2, 0.25) is 9.84 Å². The van der Waals surface area contributed by atoms with Crippen molar-refractivity contribution < 1.29 is 22.1 Å². The highest BCUT2D eigenvalue weighted by Crippen LogP contribution is 2.30. The molecule has 2 aromatic rings. The third-order valence-corrected chi connectivity index (χ3v) is 5.08. The molecule has 0 bridgehead atoms. The van der Waals surface area contributed by atoms with Gasteiger partial charge in [-0.25, -0.2) is 8.42 Å². The third kappa shape index (κ3) is 4.11. The van der Waals surface area contributed by atoms with Gasteiger partial charge in [-0.3, -0.25) is 10.1 Å². The van der Waals surface area contributed by atoms with E-state index in [9.17, 15) is 27.3 Å². The van der Waals surface area contributed by atoms with Crippen molar-refractivity contribution in [2.75, 3.05) is 5.32 Å². The summed E-state index contributed by atoms with van der Waals surface area (Å²) >= 11 is 0. The zero-order valence-corrected chi connectivity index (χ0v) is 14.3. The molecule has 6 nitrogen and oxygen atoms in total. The second-order valence-electron chi connectivity index (χ2n) is 5.53. The molecule has 1 N–H and O–H groups in total. The van der Waals surface area contributed by atoms with Crippen LogP contribution in [0.2, 0.25) is 0 Å². The Morgan fingerprint density at radius 2 is 1.84 bits per heavy atom. The minimum absolute atomic E-state index is 0.0539. The molecule has 0 aromatic heterocycles. The van der Waals surface area contributed by atoms with E-state index in [1.165, 1.54) is 0 Å². The van der Waals surface area contributed by atoms with E-state index < -0.39 is 31.1 Å². The Bertz CT molecular complexity index is 914. The normalized spacial score (nSPS) is 11.6. The number of nitro groups is 1. The molecule has 0 heterocycles. The third-order valence-electron chi connectivity index (χ3n) is 3.70. The van der Waals surface area contributed by atoms with E-state index in [-0.39, 0.29) is 12.2 Å². The van der Waals surface area contributed by atoms with Crippen molar-refractivity contribution >= 4 is 21.2 Å². The molecule has 9 heteroatoms. The average molecular weight is 370 g/mol. The minimum Gasteiger partial charge on any atom is -0.375 e. The first-order valence-corrected chi connectivity index (χ1v) is 8.78. The Hall–Kier alpha value is -2.55. The van der Waals surface area contributed by atoms with Crippen LogP contribution < -0.4 is 5.32 Å². The molecular weight excluding hydrogens is 354 g/mol. The number of nitro benzene ring substituents is 1. The largest absolute Gasteiger partial charge is 0.375 e. The first-order valence-electron chi connectivity index (χ1n) is 7.23. The molecule has 0 fully saturated rings. The van der Waals surface area contributed by atoms with E-state index in [1.807, 2.05) is 32.0 Å². The Kier molecular flexibility index (Phi) is 5.36. The standard InChI is InChI=1S/C16H16F2N2O4S/c1-10-3-4-12(11(2)7-10)9-19-14-6-5-13(8-15(14)20(21)22)25(23,24)16(17)18/h3-8,16,19H,9H2,1-2H3. The van der Waals surface area contributed by atoms with E-state index in [0.29, 0.717) is 6.07 Å². The van der Waals surface area contributed by atoms with Gasteiger partial charge in [0.15, 0.2) is 0 Å². The molecular formula is C16H16F2N2O4S. The molecule has 0 saturated heterocycles. The maximum Gasteiger partial charge on any atom is 0.341 e. The Morgan fingerprint density at radius 3 is 2.40 bits per heavy atom. The fraction of sp³-hybridized carbons (Fsp3) is 0.250. The number of halogens is 2. The summed E-state index contributed by atoms with van der Waals surface area (Å²) in [4.78, 5) is 9.58. The van der Waals surface area contributed by atoms with E-state index in [1.54, 1.807) is 0 Å². The van der Waals surface area contributed by atoms with Crippen LogP contribution in [0.3, 0.4) is 0 Å². The van der Waals surface area contributed by atoms with Crippen LogP contribution >= 0.6 is 0 Å². The van der Waals surface area contributed by atoms with Crippen molar-refractivity contribution in [1.82, 2.24) is 0 Å². The molecule has 0 aliphatic heterocycles. The summed E-state index contributed by atoms with van der Waals surface area (Å²) in [5.41, 5.74) is 2.45. The summed E-state index contributed by atoms with van der Waals surface area (Å²) in [6, 6.07) is 8.43. The van der Waals surface area contributed by atoms with Gasteiger partial charge in [0.25, 0.3) is 5.69 Å². The number of hydrogen-bond donors (Lipinski definition) is 1. The van der Waals surface area contributed by atoms with E-state index in [0.717, 1.165) is 28.8 Å². The van der Waals surface area contributed by atoms with Gasteiger partial charge in [-0.15, -0.1) is 0 Å². The molecule has 0 spiro atoms. The summed E-state index contributed by atoms with van der Waals surface area (Å²) < 4.78 is 48.2. The van der Waals surface area contributed by atoms with Gasteiger partial charge >= 0.3 is 5.76 Å². The summed E-state index contributed by atoms with van der Waals surface area (Å²) in [7, 11) is -4.89. The van der Waals surface area contributed by atoms with Gasteiger partial charge < -0.3 is 5.32 Å². The van der Waals surface area contributed by atoms with Gasteiger partial charge in [0.1, 0.15) is 5.69 Å². The summed E-state index contributed by atoms with van der Waals surface area (Å²) in [6.45, 7) is 4.11. The first kappa shape index (κ1) is 18.8. The van der Waals surface area contributed by atoms with Crippen LogP contribution in [0.4, 0.5) is 20.2 Å². The van der Waals surface area contributed by atoms with Gasteiger partial charge in [-0.1, -0.05) is 23.8 Å². The molecule has 0 aliphatic rings. The van der Waals surface area contributed by atoms with Gasteiger partial charge in [-0.05, 0) is 37.1 Å². The summed E-state index contributed by atoms with van der Waals surface area (Å²) in [5.74, 6) is -3.64. The summed E-state index contributed by atoms with van der Waals surface area (Å²) in [5, 5.41) is 14.0. The van der Waals surface area contributed by atoms with Crippen molar-refractivity contribution in [3.63, 3.8) is 0 Å². The zero-order chi connectivity index (χ0) is 18.8. The average Bonchev–Trinajstić information content (AvgIpc) is 2.53. The number of nitrogens with one attached hydrogen (secondary N) is 1. The van der Waals surface area contributed by atoms with E-state index >= 15 is 0 Å². The number of nitrogens with zero attached hydrogens (tertiary/aromatic N) is 1. The van der Waals surface area contributed by atoms with Crippen LogP contribution in [0.15, 0.2) is 41.3 Å². The minimum atomic E-state index is -4.89. The van der Waals surface area contributed by atoms with Crippen LogP contribution in [-0.2, 0) is 16.4 Å². The topological polar surface area (TPSA) is 89.3 Å². The Labute approximate surface area is 143 Å². The maximum atomic E-state index is 12.6. The SMILES string of the molecule is Cc1ccc(CNc2ccc(S(=O)(=O)C(F)F)cc2[N+](=O)[O-])c(C)c1. The Morgan fingerprint density at radius 1 is 1.16 bits per heavy atom. The van der Waals surface area contributed by atoms with Gasteiger partial charge in [0, 0.05) is 12.6 Å². The van der Waals surface area contributed by atoms with Crippen molar-refractivity contribution in [2.45, 2.75) is 31.0 Å². The molecule has 134 valence electrons. The monoisotopic (exact) mass is 370 g/mol. The molecule has 0 saturated carbocycles. The molecule has 2 rings (SSSR count). The van der Waals surface area contributed by atoms with Gasteiger partial charge in [-0.2, -0.15) is 8.78 Å². The fourth-order valence-electron chi connectivity index (χ4n) is 2.33. The molecule has 25 heavy (non-hydrogen) atoms. The summed E-state index contributed by atoms with van der Waals surface area (Å²) in [6.07, 6.45) is 0. The Balaban J connectivity index is 2.33. The highest BCUT2D eigenvalue weighted by molar-refractivity contribution is 7.91. The number of anilines is 1. The molecule has 0 unspecified atom stereocenters. The molecule has 0 aliphatic carbocycles. The van der Waals surface area contributed by atoms with Crippen LogP contribution in [0.5, 0.6) is 0 Å². The molecule has 2 aromatic carbocycles. The van der Waals surface area contributed by atoms with Crippen LogP contribution in [-0.4, -0.2) is 19.1 Å². The number of hydrogen-bond acceptors (Lipinski definition) is 5. The highest BCUT2D eigenvalue weighted by Gasteiger charge is 2.29. The number of benzene rings is 2. The van der Waals surface area contributed by atoms with Crippen molar-refractivity contribution in [3.8, 4) is 0 Å². The lowest BCUT2D eigenvalue weighted by atomic mass is 10.1. The van der Waals surface area contributed by atoms with Crippen molar-refractivity contribution in [2.24, 2.45) is 0 Å². The van der Waals surface area contributed by atoms with E-state index in [4.69, 9.17) is 0 Å². The smallest absolute Gasteiger partial charge is 0.341 e. The molecule has 0 amide bonds. The number of rotatable bonds is 6. The predicted octanol–water partition coefficient (Wildman–Crippen LogP) is 3.82. The van der Waals surface area contributed by atoms with Crippen molar-refractivity contribution in [1.29, 1.82) is 0 Å². The predicted molar refractivity (Wildman–Crippen MR) is 89.5 cm³/mol. The highest BCUT2D eigenvalue weighted by atomic mass is 32.2. The maximum absolute atomic E-state index is 12.6. The van der Waals surface area contributed by atoms with Gasteiger partial charge in [0.05, 0.1) is 9.82 Å². The lowest BCUT2D eigenvalue weighted by Gasteiger charge is -2.11. The molecule has 0 radical (unpaired) electrons. The zero-order valence-electron chi connectivity index (χ0n) is 13.5. The second-order valence-corrected chi connectivity index (χ2v) is 7.44. The number of aryl methyl sites for hydroxylation is 2. The van der Waals surface area contributed by atoms with Crippen LogP contribution in [0.1, 0.15) is 16.7 Å². The van der Waals surface area contributed by atoms with Crippen LogP contribution in [0.25, 0.3) is 0 Å². The van der Waals surface area contributed by atoms with Crippen molar-refractivity contribution in [3.05, 3.63) is 63.2 Å². The first-order chi connectivity index (χ1) is 11.6. The molecule has 0 atom stereocenters. The lowest BCUT2D eigenvalue weighted by Crippen LogP contribution is -2.12.